The Labute approximate surface area is 98.7 Å². The van der Waals surface area contributed by atoms with Gasteiger partial charge < -0.3 is 10.4 Å². The van der Waals surface area contributed by atoms with Gasteiger partial charge in [-0.2, -0.15) is 0 Å². The summed E-state index contributed by atoms with van der Waals surface area (Å²) < 4.78 is 0. The second-order valence-corrected chi connectivity index (χ2v) is 5.63. The molecule has 0 saturated carbocycles. The maximum atomic E-state index is 10.2. The lowest BCUT2D eigenvalue weighted by Gasteiger charge is -2.25. The standard InChI is InChI=1S/C14H23NO/c1-13(2,3)11-6-8-12(9-7-11)14(4,16)10-15-5/h6-9,15-16H,10H2,1-5H3. The van der Waals surface area contributed by atoms with Gasteiger partial charge in [0.1, 0.15) is 0 Å². The summed E-state index contributed by atoms with van der Waals surface area (Å²) in [5, 5.41) is 13.2. The zero-order chi connectivity index (χ0) is 12.4. The Balaban J connectivity index is 2.95. The van der Waals surface area contributed by atoms with Crippen molar-refractivity contribution in [3.8, 4) is 0 Å². The van der Waals surface area contributed by atoms with E-state index in [1.165, 1.54) is 5.56 Å². The largest absolute Gasteiger partial charge is 0.384 e. The van der Waals surface area contributed by atoms with Crippen LogP contribution in [-0.4, -0.2) is 18.7 Å². The van der Waals surface area contributed by atoms with Crippen molar-refractivity contribution in [2.45, 2.75) is 38.7 Å². The van der Waals surface area contributed by atoms with Crippen LogP contribution in [0.2, 0.25) is 0 Å². The molecule has 0 heterocycles. The Bertz CT molecular complexity index is 333. The van der Waals surface area contributed by atoms with Gasteiger partial charge in [-0.25, -0.2) is 0 Å². The first-order valence-electron chi connectivity index (χ1n) is 5.75. The molecule has 0 aliphatic carbocycles. The Morgan fingerprint density at radius 2 is 1.44 bits per heavy atom. The van der Waals surface area contributed by atoms with E-state index in [4.69, 9.17) is 0 Å². The number of likely N-dealkylation sites (N-methyl/N-ethyl adjacent to an activating group) is 1. The van der Waals surface area contributed by atoms with E-state index in [0.717, 1.165) is 5.56 Å². The normalized spacial score (nSPS) is 15.9. The van der Waals surface area contributed by atoms with E-state index >= 15 is 0 Å². The second kappa shape index (κ2) is 4.56. The first kappa shape index (κ1) is 13.2. The van der Waals surface area contributed by atoms with Gasteiger partial charge in [0.15, 0.2) is 0 Å². The number of nitrogens with one attached hydrogen (secondary N) is 1. The van der Waals surface area contributed by atoms with Crippen molar-refractivity contribution in [3.05, 3.63) is 35.4 Å². The van der Waals surface area contributed by atoms with E-state index in [1.807, 2.05) is 26.1 Å². The average Bonchev–Trinajstić information content (AvgIpc) is 2.16. The number of hydrogen-bond donors (Lipinski definition) is 2. The molecule has 0 aromatic heterocycles. The molecule has 0 amide bonds. The first-order chi connectivity index (χ1) is 7.27. The van der Waals surface area contributed by atoms with E-state index in [1.54, 1.807) is 0 Å². The van der Waals surface area contributed by atoms with Crippen LogP contribution < -0.4 is 5.32 Å². The van der Waals surface area contributed by atoms with Crippen LogP contribution in [-0.2, 0) is 11.0 Å². The quantitative estimate of drug-likeness (QED) is 0.821. The summed E-state index contributed by atoms with van der Waals surface area (Å²) in [7, 11) is 1.85. The second-order valence-electron chi connectivity index (χ2n) is 5.63. The molecule has 1 aromatic rings. The Kier molecular flexibility index (Phi) is 3.76. The molecule has 0 aliphatic rings. The van der Waals surface area contributed by atoms with Crippen LogP contribution in [0.4, 0.5) is 0 Å². The summed E-state index contributed by atoms with van der Waals surface area (Å²) in [6.45, 7) is 8.95. The molecule has 0 aliphatic heterocycles. The van der Waals surface area contributed by atoms with Crippen molar-refractivity contribution in [1.82, 2.24) is 5.32 Å². The highest BCUT2D eigenvalue weighted by Crippen LogP contribution is 2.25. The van der Waals surface area contributed by atoms with Gasteiger partial charge in [0.2, 0.25) is 0 Å². The van der Waals surface area contributed by atoms with E-state index in [-0.39, 0.29) is 5.41 Å². The van der Waals surface area contributed by atoms with Crippen molar-refractivity contribution in [1.29, 1.82) is 0 Å². The molecule has 1 aromatic carbocycles. The van der Waals surface area contributed by atoms with Crippen molar-refractivity contribution in [3.63, 3.8) is 0 Å². The van der Waals surface area contributed by atoms with Gasteiger partial charge in [-0.05, 0) is 30.5 Å². The van der Waals surface area contributed by atoms with Crippen LogP contribution in [0.25, 0.3) is 0 Å². The molecule has 1 rings (SSSR count). The minimum absolute atomic E-state index is 0.160. The monoisotopic (exact) mass is 221 g/mol. The molecule has 2 heteroatoms. The summed E-state index contributed by atoms with van der Waals surface area (Å²) in [6.07, 6.45) is 0. The Hall–Kier alpha value is -0.860. The van der Waals surface area contributed by atoms with Gasteiger partial charge in [-0.3, -0.25) is 0 Å². The molecule has 0 spiro atoms. The lowest BCUT2D eigenvalue weighted by Crippen LogP contribution is -2.33. The molecule has 0 bridgehead atoms. The van der Waals surface area contributed by atoms with Gasteiger partial charge in [-0.1, -0.05) is 45.0 Å². The zero-order valence-electron chi connectivity index (χ0n) is 11.0. The molecule has 0 fully saturated rings. The number of aliphatic hydroxyl groups is 1. The fraction of sp³-hybridized carbons (Fsp3) is 0.571. The molecule has 2 N–H and O–H groups in total. The van der Waals surface area contributed by atoms with Gasteiger partial charge in [0.25, 0.3) is 0 Å². The summed E-state index contributed by atoms with van der Waals surface area (Å²) in [6, 6.07) is 8.22. The fourth-order valence-corrected chi connectivity index (χ4v) is 1.78. The van der Waals surface area contributed by atoms with Crippen molar-refractivity contribution >= 4 is 0 Å². The molecule has 0 saturated heterocycles. The molecular weight excluding hydrogens is 198 g/mol. The molecule has 2 nitrogen and oxygen atoms in total. The lowest BCUT2D eigenvalue weighted by atomic mass is 9.85. The Morgan fingerprint density at radius 1 is 1.00 bits per heavy atom. The van der Waals surface area contributed by atoms with Crippen LogP contribution in [0.3, 0.4) is 0 Å². The van der Waals surface area contributed by atoms with Crippen LogP contribution in [0.1, 0.15) is 38.8 Å². The fourth-order valence-electron chi connectivity index (χ4n) is 1.78. The van der Waals surface area contributed by atoms with Gasteiger partial charge in [0, 0.05) is 6.54 Å². The molecule has 90 valence electrons. The topological polar surface area (TPSA) is 32.3 Å². The van der Waals surface area contributed by atoms with E-state index in [2.05, 4.69) is 38.2 Å². The third-order valence-electron chi connectivity index (χ3n) is 2.89. The maximum Gasteiger partial charge on any atom is 0.0992 e. The average molecular weight is 221 g/mol. The lowest BCUT2D eigenvalue weighted by molar-refractivity contribution is 0.0591. The van der Waals surface area contributed by atoms with Crippen LogP contribution >= 0.6 is 0 Å². The van der Waals surface area contributed by atoms with E-state index < -0.39 is 5.60 Å². The highest BCUT2D eigenvalue weighted by Gasteiger charge is 2.22. The van der Waals surface area contributed by atoms with Crippen molar-refractivity contribution < 1.29 is 5.11 Å². The summed E-state index contributed by atoms with van der Waals surface area (Å²) >= 11 is 0. The molecular formula is C14H23NO. The minimum Gasteiger partial charge on any atom is -0.384 e. The highest BCUT2D eigenvalue weighted by atomic mass is 16.3. The predicted octanol–water partition coefficient (Wildman–Crippen LogP) is 2.41. The smallest absolute Gasteiger partial charge is 0.0992 e. The third kappa shape index (κ3) is 3.06. The predicted molar refractivity (Wildman–Crippen MR) is 68.6 cm³/mol. The molecule has 1 unspecified atom stereocenters. The van der Waals surface area contributed by atoms with Gasteiger partial charge in [-0.15, -0.1) is 0 Å². The van der Waals surface area contributed by atoms with Crippen molar-refractivity contribution in [2.24, 2.45) is 0 Å². The minimum atomic E-state index is -0.800. The summed E-state index contributed by atoms with van der Waals surface area (Å²) in [4.78, 5) is 0. The maximum absolute atomic E-state index is 10.2. The van der Waals surface area contributed by atoms with Crippen LogP contribution in [0.15, 0.2) is 24.3 Å². The van der Waals surface area contributed by atoms with E-state index in [0.29, 0.717) is 6.54 Å². The molecule has 16 heavy (non-hydrogen) atoms. The first-order valence-corrected chi connectivity index (χ1v) is 5.75. The van der Waals surface area contributed by atoms with E-state index in [9.17, 15) is 5.11 Å². The van der Waals surface area contributed by atoms with Gasteiger partial charge >= 0.3 is 0 Å². The highest BCUT2D eigenvalue weighted by molar-refractivity contribution is 5.30. The van der Waals surface area contributed by atoms with Crippen molar-refractivity contribution in [2.75, 3.05) is 13.6 Å². The van der Waals surface area contributed by atoms with Crippen LogP contribution in [0.5, 0.6) is 0 Å². The summed E-state index contributed by atoms with van der Waals surface area (Å²) in [5.74, 6) is 0. The zero-order valence-corrected chi connectivity index (χ0v) is 11.0. The molecule has 0 radical (unpaired) electrons. The molecule has 1 atom stereocenters. The number of rotatable bonds is 3. The Morgan fingerprint density at radius 3 is 1.81 bits per heavy atom. The van der Waals surface area contributed by atoms with Crippen LogP contribution in [0, 0.1) is 0 Å². The third-order valence-corrected chi connectivity index (χ3v) is 2.89. The number of benzene rings is 1. The summed E-state index contributed by atoms with van der Waals surface area (Å²) in [5.41, 5.74) is 1.60. The van der Waals surface area contributed by atoms with Gasteiger partial charge in [0.05, 0.1) is 5.60 Å². The number of hydrogen-bond acceptors (Lipinski definition) is 2. The SMILES string of the molecule is CNCC(C)(O)c1ccc(C(C)(C)C)cc1.